The number of aromatic nitrogens is 4. The molecular weight excluding hydrogens is 245 g/mol. The maximum Gasteiger partial charge on any atom is 0.224 e. The van der Waals surface area contributed by atoms with Crippen LogP contribution in [-0.4, -0.2) is 25.8 Å². The Morgan fingerprint density at radius 1 is 1.59 bits per heavy atom. The van der Waals surface area contributed by atoms with Gasteiger partial charge in [0.25, 0.3) is 0 Å². The van der Waals surface area contributed by atoms with Gasteiger partial charge in [-0.1, -0.05) is 0 Å². The molecule has 0 bridgehead atoms. The Bertz CT molecular complexity index is 487. The van der Waals surface area contributed by atoms with Gasteiger partial charge in [-0.3, -0.25) is 4.68 Å². The Morgan fingerprint density at radius 2 is 2.41 bits per heavy atom. The molecule has 0 radical (unpaired) electrons. The number of anilines is 1. The number of hydrogen-bond donors (Lipinski definition) is 1. The number of rotatable bonds is 4. The quantitative estimate of drug-likeness (QED) is 0.849. The van der Waals surface area contributed by atoms with Gasteiger partial charge in [0.15, 0.2) is 11.6 Å². The minimum Gasteiger partial charge on any atom is -0.363 e. The Hall–Kier alpha value is -1.69. The van der Waals surface area contributed by atoms with Crippen LogP contribution in [0.25, 0.3) is 0 Å². The van der Waals surface area contributed by atoms with Crippen molar-refractivity contribution in [3.63, 3.8) is 0 Å². The molecule has 90 valence electrons. The fourth-order valence-electron chi connectivity index (χ4n) is 1.41. The Morgan fingerprint density at radius 3 is 3.12 bits per heavy atom. The van der Waals surface area contributed by atoms with Crippen LogP contribution in [-0.2, 0) is 6.54 Å². The van der Waals surface area contributed by atoms with E-state index in [-0.39, 0.29) is 17.1 Å². The van der Waals surface area contributed by atoms with E-state index in [9.17, 15) is 4.39 Å². The molecule has 1 unspecified atom stereocenters. The molecular formula is C10H11ClFN5. The minimum atomic E-state index is -0.526. The topological polar surface area (TPSA) is 55.6 Å². The summed E-state index contributed by atoms with van der Waals surface area (Å²) in [4.78, 5) is 7.32. The van der Waals surface area contributed by atoms with E-state index in [1.54, 1.807) is 10.9 Å². The Kier molecular flexibility index (Phi) is 3.53. The molecule has 2 aromatic rings. The first kappa shape index (κ1) is 11.8. The lowest BCUT2D eigenvalue weighted by atomic mass is 10.3. The van der Waals surface area contributed by atoms with Crippen LogP contribution in [0.4, 0.5) is 10.2 Å². The zero-order valence-electron chi connectivity index (χ0n) is 9.14. The van der Waals surface area contributed by atoms with Crippen molar-refractivity contribution in [1.29, 1.82) is 0 Å². The van der Waals surface area contributed by atoms with E-state index in [1.165, 1.54) is 0 Å². The molecule has 7 heteroatoms. The van der Waals surface area contributed by atoms with Gasteiger partial charge in [0.05, 0.1) is 12.7 Å². The molecule has 0 aliphatic carbocycles. The molecule has 2 heterocycles. The van der Waals surface area contributed by atoms with Gasteiger partial charge in [0, 0.05) is 18.4 Å². The molecule has 5 nitrogen and oxygen atoms in total. The normalized spacial score (nSPS) is 12.4. The Balaban J connectivity index is 2.02. The predicted molar refractivity (Wildman–Crippen MR) is 62.3 cm³/mol. The highest BCUT2D eigenvalue weighted by Gasteiger charge is 2.09. The van der Waals surface area contributed by atoms with Gasteiger partial charge in [-0.25, -0.2) is 9.37 Å². The van der Waals surface area contributed by atoms with Crippen molar-refractivity contribution in [1.82, 2.24) is 19.7 Å². The van der Waals surface area contributed by atoms with Crippen LogP contribution in [0, 0.1) is 5.82 Å². The van der Waals surface area contributed by atoms with Crippen LogP contribution < -0.4 is 5.32 Å². The zero-order valence-corrected chi connectivity index (χ0v) is 9.89. The van der Waals surface area contributed by atoms with Crippen LogP contribution in [0.15, 0.2) is 24.7 Å². The summed E-state index contributed by atoms with van der Waals surface area (Å²) in [6, 6.07) is 1.80. The van der Waals surface area contributed by atoms with E-state index in [2.05, 4.69) is 20.4 Å². The molecule has 0 fully saturated rings. The third-order valence-electron chi connectivity index (χ3n) is 2.12. The molecule has 2 rings (SSSR count). The van der Waals surface area contributed by atoms with E-state index in [4.69, 9.17) is 11.6 Å². The van der Waals surface area contributed by atoms with Crippen LogP contribution in [0.3, 0.4) is 0 Å². The van der Waals surface area contributed by atoms with Gasteiger partial charge in [-0.2, -0.15) is 10.1 Å². The predicted octanol–water partition coefficient (Wildman–Crippen LogP) is 1.97. The molecule has 0 saturated heterocycles. The summed E-state index contributed by atoms with van der Waals surface area (Å²) in [5, 5.41) is 6.99. The average molecular weight is 256 g/mol. The van der Waals surface area contributed by atoms with Crippen molar-refractivity contribution in [2.45, 2.75) is 19.5 Å². The lowest BCUT2D eigenvalue weighted by molar-refractivity contribution is 0.551. The standard InChI is InChI=1S/C10H11ClFN5/c1-7(6-17-4-2-3-14-17)15-9-8(12)5-13-10(11)16-9/h2-5,7H,6H2,1H3,(H,13,15,16). The lowest BCUT2D eigenvalue weighted by Crippen LogP contribution is -2.23. The van der Waals surface area contributed by atoms with Gasteiger partial charge in [0.1, 0.15) is 0 Å². The van der Waals surface area contributed by atoms with Crippen molar-refractivity contribution in [3.8, 4) is 0 Å². The van der Waals surface area contributed by atoms with Crippen molar-refractivity contribution < 1.29 is 4.39 Å². The molecule has 0 aliphatic heterocycles. The van der Waals surface area contributed by atoms with Crippen LogP contribution >= 0.6 is 11.6 Å². The fraction of sp³-hybridized carbons (Fsp3) is 0.300. The van der Waals surface area contributed by atoms with E-state index in [1.807, 2.05) is 19.2 Å². The summed E-state index contributed by atoms with van der Waals surface area (Å²) in [7, 11) is 0. The maximum atomic E-state index is 13.3. The second-order valence-corrected chi connectivity index (χ2v) is 3.95. The highest BCUT2D eigenvalue weighted by molar-refractivity contribution is 6.28. The van der Waals surface area contributed by atoms with E-state index >= 15 is 0 Å². The second-order valence-electron chi connectivity index (χ2n) is 3.61. The summed E-state index contributed by atoms with van der Waals surface area (Å²) in [6.45, 7) is 2.51. The van der Waals surface area contributed by atoms with Crippen LogP contribution in [0.1, 0.15) is 6.92 Å². The van der Waals surface area contributed by atoms with E-state index in [0.29, 0.717) is 6.54 Å². The molecule has 1 atom stereocenters. The maximum absolute atomic E-state index is 13.3. The molecule has 0 saturated carbocycles. The van der Waals surface area contributed by atoms with Crippen LogP contribution in [0.2, 0.25) is 5.28 Å². The number of nitrogens with one attached hydrogen (secondary N) is 1. The first-order chi connectivity index (χ1) is 8.15. The van der Waals surface area contributed by atoms with Crippen molar-refractivity contribution >= 4 is 17.4 Å². The largest absolute Gasteiger partial charge is 0.363 e. The third-order valence-corrected chi connectivity index (χ3v) is 2.30. The summed E-state index contributed by atoms with van der Waals surface area (Å²) >= 11 is 5.60. The first-order valence-electron chi connectivity index (χ1n) is 5.07. The van der Waals surface area contributed by atoms with Gasteiger partial charge in [-0.15, -0.1) is 0 Å². The molecule has 0 aromatic carbocycles. The number of halogens is 2. The molecule has 0 aliphatic rings. The zero-order chi connectivity index (χ0) is 12.3. The number of nitrogens with zero attached hydrogens (tertiary/aromatic N) is 4. The monoisotopic (exact) mass is 255 g/mol. The van der Waals surface area contributed by atoms with Crippen molar-refractivity contribution in [2.75, 3.05) is 5.32 Å². The summed E-state index contributed by atoms with van der Waals surface area (Å²) in [6.07, 6.45) is 4.56. The average Bonchev–Trinajstić information content (AvgIpc) is 2.76. The third kappa shape index (κ3) is 3.13. The molecule has 2 aromatic heterocycles. The summed E-state index contributed by atoms with van der Waals surface area (Å²) in [5.74, 6) is -0.425. The smallest absolute Gasteiger partial charge is 0.224 e. The molecule has 0 amide bonds. The summed E-state index contributed by atoms with van der Waals surface area (Å²) in [5.41, 5.74) is 0. The molecule has 1 N–H and O–H groups in total. The van der Waals surface area contributed by atoms with Gasteiger partial charge in [0.2, 0.25) is 5.28 Å². The molecule has 17 heavy (non-hydrogen) atoms. The van der Waals surface area contributed by atoms with Gasteiger partial charge < -0.3 is 5.32 Å². The second kappa shape index (κ2) is 5.09. The highest BCUT2D eigenvalue weighted by atomic mass is 35.5. The SMILES string of the molecule is CC(Cn1cccn1)Nc1nc(Cl)ncc1F. The summed E-state index contributed by atoms with van der Waals surface area (Å²) < 4.78 is 15.1. The lowest BCUT2D eigenvalue weighted by Gasteiger charge is -2.14. The number of hydrogen-bond acceptors (Lipinski definition) is 4. The fourth-order valence-corrected chi connectivity index (χ4v) is 1.55. The molecule has 0 spiro atoms. The minimum absolute atomic E-state index is 0.0141. The Labute approximate surface area is 103 Å². The first-order valence-corrected chi connectivity index (χ1v) is 5.45. The van der Waals surface area contributed by atoms with Crippen LogP contribution in [0.5, 0.6) is 0 Å². The van der Waals surface area contributed by atoms with Gasteiger partial charge in [-0.05, 0) is 24.6 Å². The van der Waals surface area contributed by atoms with Crippen molar-refractivity contribution in [2.24, 2.45) is 0 Å². The van der Waals surface area contributed by atoms with E-state index < -0.39 is 5.82 Å². The van der Waals surface area contributed by atoms with Gasteiger partial charge >= 0.3 is 0 Å². The van der Waals surface area contributed by atoms with E-state index in [0.717, 1.165) is 6.20 Å². The van der Waals surface area contributed by atoms with Crippen molar-refractivity contribution in [3.05, 3.63) is 35.8 Å². The highest BCUT2D eigenvalue weighted by Crippen LogP contribution is 2.13.